The Hall–Kier alpha value is -0.510. The van der Waals surface area contributed by atoms with Gasteiger partial charge in [0.05, 0.1) is 12.0 Å². The molecule has 1 atom stereocenters. The Kier molecular flexibility index (Phi) is 5.79. The van der Waals surface area contributed by atoms with Crippen LogP contribution in [0.3, 0.4) is 0 Å². The van der Waals surface area contributed by atoms with E-state index in [1.54, 1.807) is 6.26 Å². The fourth-order valence-corrected chi connectivity index (χ4v) is 1.32. The van der Waals surface area contributed by atoms with E-state index in [-0.39, 0.29) is 5.78 Å². The third-order valence-electron chi connectivity index (χ3n) is 1.65. The third-order valence-corrected chi connectivity index (χ3v) is 1.98. The molecule has 0 aromatic rings. The van der Waals surface area contributed by atoms with Gasteiger partial charge in [-0.15, -0.1) is 0 Å². The molecule has 0 aliphatic rings. The molecule has 76 valence electrons. The van der Waals surface area contributed by atoms with Crippen LogP contribution in [0.25, 0.3) is 0 Å². The zero-order valence-corrected chi connectivity index (χ0v) is 9.31. The highest BCUT2D eigenvalue weighted by Crippen LogP contribution is 2.16. The van der Waals surface area contributed by atoms with Crippen LogP contribution in [0.15, 0.2) is 0 Å². The van der Waals surface area contributed by atoms with Gasteiger partial charge in [-0.2, -0.15) is 0 Å². The van der Waals surface area contributed by atoms with E-state index in [9.17, 15) is 9.59 Å². The molecule has 0 saturated heterocycles. The minimum atomic E-state index is -0.590. The highest BCUT2D eigenvalue weighted by molar-refractivity contribution is 7.94. The Balaban J connectivity index is 4.24. The molecule has 0 rings (SSSR count). The largest absolute Gasteiger partial charge is 0.391 e. The molecule has 0 spiro atoms. The quantitative estimate of drug-likeness (QED) is 0.508. The maximum absolute atomic E-state index is 11.3. The number of hydrogen-bond acceptors (Lipinski definition) is 4. The Morgan fingerprint density at radius 1 is 1.38 bits per heavy atom. The van der Waals surface area contributed by atoms with Crippen molar-refractivity contribution >= 4 is 23.8 Å². The first-order valence-electron chi connectivity index (χ1n) is 4.24. The number of hydrogen-bond donors (Lipinski definition) is 0. The first-order chi connectivity index (χ1) is 5.99. The molecule has 0 aliphatic heterocycles. The lowest BCUT2D eigenvalue weighted by Gasteiger charge is -2.13. The predicted molar refractivity (Wildman–Crippen MR) is 53.2 cm³/mol. The van der Waals surface area contributed by atoms with Gasteiger partial charge < -0.3 is 4.18 Å². The summed E-state index contributed by atoms with van der Waals surface area (Å²) in [4.78, 5) is 22.3. The van der Waals surface area contributed by atoms with Gasteiger partial charge in [0, 0.05) is 6.26 Å². The molecule has 0 amide bonds. The SMILES string of the molecule is CSOC(=O)C(CC(C)C)C(C)=O. The summed E-state index contributed by atoms with van der Waals surface area (Å²) in [7, 11) is 0. The molecular formula is C9H16O3S. The van der Waals surface area contributed by atoms with Gasteiger partial charge in [-0.05, 0) is 19.3 Å². The molecule has 4 heteroatoms. The lowest BCUT2D eigenvalue weighted by molar-refractivity contribution is -0.142. The second-order valence-corrected chi connectivity index (χ2v) is 3.86. The van der Waals surface area contributed by atoms with E-state index in [4.69, 9.17) is 4.18 Å². The van der Waals surface area contributed by atoms with E-state index < -0.39 is 11.9 Å². The van der Waals surface area contributed by atoms with Gasteiger partial charge in [-0.3, -0.25) is 9.59 Å². The lowest BCUT2D eigenvalue weighted by Crippen LogP contribution is -2.24. The molecule has 0 N–H and O–H groups in total. The number of ketones is 1. The Bertz CT molecular complexity index is 189. The average Bonchev–Trinajstić information content (AvgIpc) is 1.99. The smallest absolute Gasteiger partial charge is 0.328 e. The van der Waals surface area contributed by atoms with Crippen LogP contribution in [-0.2, 0) is 13.8 Å². The minimum absolute atomic E-state index is 0.118. The fraction of sp³-hybridized carbons (Fsp3) is 0.778. The monoisotopic (exact) mass is 204 g/mol. The molecule has 0 bridgehead atoms. The number of Topliss-reactive ketones (excluding diaryl/α,β-unsaturated/α-hetero) is 1. The maximum atomic E-state index is 11.3. The molecule has 0 heterocycles. The summed E-state index contributed by atoms with van der Waals surface area (Å²) in [5, 5.41) is 0. The second kappa shape index (κ2) is 6.02. The van der Waals surface area contributed by atoms with Crippen molar-refractivity contribution in [1.29, 1.82) is 0 Å². The summed E-state index contributed by atoms with van der Waals surface area (Å²) >= 11 is 0.981. The molecule has 0 aliphatic carbocycles. The van der Waals surface area contributed by atoms with Crippen LogP contribution in [0.5, 0.6) is 0 Å². The van der Waals surface area contributed by atoms with Crippen LogP contribution < -0.4 is 0 Å². The van der Waals surface area contributed by atoms with Crippen LogP contribution >= 0.6 is 12.0 Å². The zero-order chi connectivity index (χ0) is 10.4. The minimum Gasteiger partial charge on any atom is -0.391 e. The normalized spacial score (nSPS) is 12.7. The van der Waals surface area contributed by atoms with Crippen LogP contribution in [0.4, 0.5) is 0 Å². The topological polar surface area (TPSA) is 43.4 Å². The molecule has 0 fully saturated rings. The van der Waals surface area contributed by atoms with Crippen molar-refractivity contribution in [3.05, 3.63) is 0 Å². The van der Waals surface area contributed by atoms with Crippen LogP contribution in [0, 0.1) is 11.8 Å². The summed E-state index contributed by atoms with van der Waals surface area (Å²) < 4.78 is 4.72. The van der Waals surface area contributed by atoms with Gasteiger partial charge in [0.2, 0.25) is 0 Å². The van der Waals surface area contributed by atoms with Crippen molar-refractivity contribution in [3.63, 3.8) is 0 Å². The van der Waals surface area contributed by atoms with E-state index in [1.807, 2.05) is 13.8 Å². The van der Waals surface area contributed by atoms with Gasteiger partial charge in [0.25, 0.3) is 0 Å². The average molecular weight is 204 g/mol. The molecule has 3 nitrogen and oxygen atoms in total. The number of carbonyl (C=O) groups is 2. The van der Waals surface area contributed by atoms with Crippen LogP contribution in [-0.4, -0.2) is 18.0 Å². The van der Waals surface area contributed by atoms with E-state index >= 15 is 0 Å². The summed E-state index contributed by atoms with van der Waals surface area (Å²) in [6.45, 7) is 5.37. The molecule has 1 unspecified atom stereocenters. The predicted octanol–water partition coefficient (Wildman–Crippen LogP) is 2.06. The first kappa shape index (κ1) is 12.5. The van der Waals surface area contributed by atoms with Gasteiger partial charge >= 0.3 is 5.97 Å². The molecular weight excluding hydrogens is 188 g/mol. The Morgan fingerprint density at radius 3 is 2.23 bits per heavy atom. The van der Waals surface area contributed by atoms with Gasteiger partial charge in [-0.1, -0.05) is 13.8 Å². The van der Waals surface area contributed by atoms with E-state index in [2.05, 4.69) is 0 Å². The molecule has 0 radical (unpaired) electrons. The Labute approximate surface area is 83.4 Å². The zero-order valence-electron chi connectivity index (χ0n) is 8.49. The highest BCUT2D eigenvalue weighted by Gasteiger charge is 2.25. The van der Waals surface area contributed by atoms with E-state index in [0.29, 0.717) is 12.3 Å². The summed E-state index contributed by atoms with van der Waals surface area (Å²) in [5.41, 5.74) is 0. The van der Waals surface area contributed by atoms with Crippen molar-refractivity contribution in [2.75, 3.05) is 6.26 Å². The first-order valence-corrected chi connectivity index (χ1v) is 5.39. The van der Waals surface area contributed by atoms with Crippen molar-refractivity contribution in [1.82, 2.24) is 0 Å². The van der Waals surface area contributed by atoms with Crippen molar-refractivity contribution in [3.8, 4) is 0 Å². The number of rotatable bonds is 5. The highest BCUT2D eigenvalue weighted by atomic mass is 32.2. The van der Waals surface area contributed by atoms with E-state index in [0.717, 1.165) is 12.0 Å². The molecule has 13 heavy (non-hydrogen) atoms. The van der Waals surface area contributed by atoms with E-state index in [1.165, 1.54) is 6.92 Å². The molecule has 0 aromatic carbocycles. The van der Waals surface area contributed by atoms with Crippen molar-refractivity contribution in [2.24, 2.45) is 11.8 Å². The maximum Gasteiger partial charge on any atom is 0.328 e. The number of carbonyl (C=O) groups excluding carboxylic acids is 2. The summed E-state index contributed by atoms with van der Waals surface area (Å²) in [6.07, 6.45) is 2.22. The van der Waals surface area contributed by atoms with Gasteiger partial charge in [-0.25, -0.2) is 0 Å². The van der Waals surface area contributed by atoms with Crippen LogP contribution in [0.2, 0.25) is 0 Å². The summed E-state index contributed by atoms with van der Waals surface area (Å²) in [6, 6.07) is 0. The fourth-order valence-electron chi connectivity index (χ4n) is 1.04. The molecule has 0 saturated carbocycles. The van der Waals surface area contributed by atoms with Crippen molar-refractivity contribution in [2.45, 2.75) is 27.2 Å². The summed E-state index contributed by atoms with van der Waals surface area (Å²) in [5.74, 6) is -0.808. The van der Waals surface area contributed by atoms with Crippen molar-refractivity contribution < 1.29 is 13.8 Å². The third kappa shape index (κ3) is 4.93. The van der Waals surface area contributed by atoms with Gasteiger partial charge in [0.15, 0.2) is 0 Å². The molecule has 0 aromatic heterocycles. The Morgan fingerprint density at radius 2 is 1.92 bits per heavy atom. The standard InChI is InChI=1S/C9H16O3S/c1-6(2)5-8(7(3)10)9(11)12-13-4/h6,8H,5H2,1-4H3. The lowest BCUT2D eigenvalue weighted by atomic mass is 9.94. The second-order valence-electron chi connectivity index (χ2n) is 3.36. The van der Waals surface area contributed by atoms with Gasteiger partial charge in [0.1, 0.15) is 11.7 Å². The van der Waals surface area contributed by atoms with Crippen LogP contribution in [0.1, 0.15) is 27.2 Å².